The summed E-state index contributed by atoms with van der Waals surface area (Å²) in [4.78, 5) is 26.4. The number of anilines is 1. The molecule has 0 bridgehead atoms. The first-order chi connectivity index (χ1) is 9.00. The van der Waals surface area contributed by atoms with Crippen LogP contribution in [-0.4, -0.2) is 58.8 Å². The van der Waals surface area contributed by atoms with Gasteiger partial charge in [-0.05, 0) is 25.0 Å². The normalized spacial score (nSPS) is 18.4. The fourth-order valence-corrected chi connectivity index (χ4v) is 2.09. The lowest BCUT2D eigenvalue weighted by Crippen LogP contribution is -2.40. The molecule has 1 amide bonds. The Kier molecular flexibility index (Phi) is 3.64. The number of carboxylic acid groups (broad SMARTS) is 1. The maximum atomic E-state index is 12.2. The SMILES string of the molecule is CN(C)c1ccc(C(=O)N2CCCC2C(=O)O)nn1. The molecule has 2 rings (SSSR count). The van der Waals surface area contributed by atoms with E-state index in [9.17, 15) is 9.59 Å². The summed E-state index contributed by atoms with van der Waals surface area (Å²) < 4.78 is 0. The third-order valence-electron chi connectivity index (χ3n) is 3.13. The molecule has 0 spiro atoms. The third-order valence-corrected chi connectivity index (χ3v) is 3.13. The minimum Gasteiger partial charge on any atom is -0.480 e. The summed E-state index contributed by atoms with van der Waals surface area (Å²) in [6.45, 7) is 0.451. The molecule has 0 saturated carbocycles. The number of amides is 1. The van der Waals surface area contributed by atoms with Crippen LogP contribution in [0.15, 0.2) is 12.1 Å². The molecule has 1 atom stereocenters. The van der Waals surface area contributed by atoms with Crippen molar-refractivity contribution in [1.82, 2.24) is 15.1 Å². The maximum absolute atomic E-state index is 12.2. The summed E-state index contributed by atoms with van der Waals surface area (Å²) >= 11 is 0. The molecule has 1 aromatic rings. The molecule has 102 valence electrons. The van der Waals surface area contributed by atoms with Gasteiger partial charge in [0.1, 0.15) is 6.04 Å². The van der Waals surface area contributed by atoms with Crippen LogP contribution >= 0.6 is 0 Å². The number of carbonyl (C=O) groups is 2. The Labute approximate surface area is 110 Å². The Bertz CT molecular complexity index is 486. The fraction of sp³-hybridized carbons (Fsp3) is 0.500. The van der Waals surface area contributed by atoms with Crippen LogP contribution in [0.1, 0.15) is 23.3 Å². The second-order valence-corrected chi connectivity index (χ2v) is 4.67. The number of rotatable bonds is 3. The Balaban J connectivity index is 2.17. The zero-order valence-corrected chi connectivity index (χ0v) is 10.9. The van der Waals surface area contributed by atoms with Gasteiger partial charge < -0.3 is 14.9 Å². The maximum Gasteiger partial charge on any atom is 0.326 e. The van der Waals surface area contributed by atoms with Crippen molar-refractivity contribution < 1.29 is 14.7 Å². The lowest BCUT2D eigenvalue weighted by Gasteiger charge is -2.20. The average Bonchev–Trinajstić information content (AvgIpc) is 2.87. The molecule has 1 aliphatic rings. The molecule has 1 fully saturated rings. The zero-order chi connectivity index (χ0) is 14.0. The largest absolute Gasteiger partial charge is 0.480 e. The van der Waals surface area contributed by atoms with Crippen LogP contribution in [0.3, 0.4) is 0 Å². The topological polar surface area (TPSA) is 86.6 Å². The van der Waals surface area contributed by atoms with Gasteiger partial charge in [0, 0.05) is 20.6 Å². The average molecular weight is 264 g/mol. The summed E-state index contributed by atoms with van der Waals surface area (Å²) in [6, 6.07) is 2.51. The summed E-state index contributed by atoms with van der Waals surface area (Å²) in [6.07, 6.45) is 1.19. The number of nitrogens with zero attached hydrogens (tertiary/aromatic N) is 4. The predicted octanol–water partition coefficient (Wildman–Crippen LogP) is 0.232. The van der Waals surface area contributed by atoms with Gasteiger partial charge in [0.05, 0.1) is 0 Å². The zero-order valence-electron chi connectivity index (χ0n) is 10.9. The van der Waals surface area contributed by atoms with Crippen molar-refractivity contribution in [2.75, 3.05) is 25.5 Å². The van der Waals surface area contributed by atoms with E-state index >= 15 is 0 Å². The van der Waals surface area contributed by atoms with Gasteiger partial charge >= 0.3 is 5.97 Å². The molecule has 7 heteroatoms. The molecule has 1 aromatic heterocycles. The fourth-order valence-electron chi connectivity index (χ4n) is 2.09. The lowest BCUT2D eigenvalue weighted by atomic mass is 10.2. The van der Waals surface area contributed by atoms with Crippen LogP contribution in [0.5, 0.6) is 0 Å². The Morgan fingerprint density at radius 3 is 2.63 bits per heavy atom. The van der Waals surface area contributed by atoms with Crippen LogP contribution in [0, 0.1) is 0 Å². The van der Waals surface area contributed by atoms with Gasteiger partial charge in [-0.25, -0.2) is 4.79 Å². The molecule has 0 aromatic carbocycles. The molecular weight excluding hydrogens is 248 g/mol. The van der Waals surface area contributed by atoms with Gasteiger partial charge in [-0.1, -0.05) is 0 Å². The van der Waals surface area contributed by atoms with Gasteiger partial charge in [-0.3, -0.25) is 4.79 Å². The van der Waals surface area contributed by atoms with Crippen LogP contribution in [0.25, 0.3) is 0 Å². The van der Waals surface area contributed by atoms with E-state index in [1.54, 1.807) is 17.0 Å². The molecular formula is C12H16N4O3. The quantitative estimate of drug-likeness (QED) is 0.841. The summed E-state index contributed by atoms with van der Waals surface area (Å²) in [5.74, 6) is -0.695. The van der Waals surface area contributed by atoms with E-state index in [-0.39, 0.29) is 11.6 Å². The molecule has 0 aliphatic carbocycles. The first-order valence-corrected chi connectivity index (χ1v) is 6.05. The highest BCUT2D eigenvalue weighted by Gasteiger charge is 2.35. The number of carboxylic acids is 1. The monoisotopic (exact) mass is 264 g/mol. The molecule has 2 heterocycles. The van der Waals surface area contributed by atoms with Crippen molar-refractivity contribution in [1.29, 1.82) is 0 Å². The van der Waals surface area contributed by atoms with Crippen molar-refractivity contribution in [2.45, 2.75) is 18.9 Å². The second kappa shape index (κ2) is 5.21. The number of aliphatic carboxylic acids is 1. The smallest absolute Gasteiger partial charge is 0.326 e. The molecule has 1 N–H and O–H groups in total. The van der Waals surface area contributed by atoms with Gasteiger partial charge in [0.2, 0.25) is 0 Å². The van der Waals surface area contributed by atoms with Gasteiger partial charge in [0.25, 0.3) is 5.91 Å². The summed E-state index contributed by atoms with van der Waals surface area (Å²) in [7, 11) is 3.65. The molecule has 1 saturated heterocycles. The highest BCUT2D eigenvalue weighted by atomic mass is 16.4. The van der Waals surface area contributed by atoms with Crippen LogP contribution < -0.4 is 4.90 Å². The standard InChI is InChI=1S/C12H16N4O3/c1-15(2)10-6-5-8(13-14-10)11(17)16-7-3-4-9(16)12(18)19/h5-6,9H,3-4,7H2,1-2H3,(H,18,19). The van der Waals surface area contributed by atoms with E-state index in [0.717, 1.165) is 0 Å². The number of aromatic nitrogens is 2. The molecule has 1 unspecified atom stereocenters. The first kappa shape index (κ1) is 13.3. The Morgan fingerprint density at radius 2 is 2.11 bits per heavy atom. The highest BCUT2D eigenvalue weighted by molar-refractivity contribution is 5.95. The van der Waals surface area contributed by atoms with Crippen molar-refractivity contribution >= 4 is 17.7 Å². The highest BCUT2D eigenvalue weighted by Crippen LogP contribution is 2.19. The molecule has 7 nitrogen and oxygen atoms in total. The van der Waals surface area contributed by atoms with E-state index in [1.165, 1.54) is 4.90 Å². The van der Waals surface area contributed by atoms with E-state index < -0.39 is 12.0 Å². The molecule has 19 heavy (non-hydrogen) atoms. The van der Waals surface area contributed by atoms with Crippen molar-refractivity contribution in [3.63, 3.8) is 0 Å². The van der Waals surface area contributed by atoms with E-state index in [4.69, 9.17) is 5.11 Å². The van der Waals surface area contributed by atoms with Crippen molar-refractivity contribution in [3.8, 4) is 0 Å². The Morgan fingerprint density at radius 1 is 1.37 bits per heavy atom. The van der Waals surface area contributed by atoms with Crippen LogP contribution in [0.2, 0.25) is 0 Å². The number of likely N-dealkylation sites (tertiary alicyclic amines) is 1. The minimum atomic E-state index is -0.969. The third kappa shape index (κ3) is 2.64. The van der Waals surface area contributed by atoms with Gasteiger partial charge in [0.15, 0.2) is 11.5 Å². The minimum absolute atomic E-state index is 0.179. The molecule has 1 aliphatic heterocycles. The number of hydrogen-bond donors (Lipinski definition) is 1. The first-order valence-electron chi connectivity index (χ1n) is 6.05. The lowest BCUT2D eigenvalue weighted by molar-refractivity contribution is -0.141. The van der Waals surface area contributed by atoms with Gasteiger partial charge in [-0.15, -0.1) is 10.2 Å². The summed E-state index contributed by atoms with van der Waals surface area (Å²) in [5, 5.41) is 16.8. The van der Waals surface area contributed by atoms with Crippen LogP contribution in [0.4, 0.5) is 5.82 Å². The van der Waals surface area contributed by atoms with Crippen molar-refractivity contribution in [3.05, 3.63) is 17.8 Å². The van der Waals surface area contributed by atoms with Crippen molar-refractivity contribution in [2.24, 2.45) is 0 Å². The van der Waals surface area contributed by atoms with Gasteiger partial charge in [-0.2, -0.15) is 0 Å². The number of carbonyl (C=O) groups excluding carboxylic acids is 1. The summed E-state index contributed by atoms with van der Waals surface area (Å²) in [5.41, 5.74) is 0.179. The predicted molar refractivity (Wildman–Crippen MR) is 68.1 cm³/mol. The molecule has 0 radical (unpaired) electrons. The second-order valence-electron chi connectivity index (χ2n) is 4.67. The van der Waals surface area contributed by atoms with E-state index in [0.29, 0.717) is 25.2 Å². The van der Waals surface area contributed by atoms with Crippen LogP contribution in [-0.2, 0) is 4.79 Å². The number of hydrogen-bond acceptors (Lipinski definition) is 5. The van der Waals surface area contributed by atoms with E-state index in [2.05, 4.69) is 10.2 Å². The van der Waals surface area contributed by atoms with E-state index in [1.807, 2.05) is 14.1 Å². The Hall–Kier alpha value is -2.18.